The second kappa shape index (κ2) is 7.77. The summed E-state index contributed by atoms with van der Waals surface area (Å²) in [5.74, 6) is 0.349. The summed E-state index contributed by atoms with van der Waals surface area (Å²) in [7, 11) is 0. The number of amides is 1. The average Bonchev–Trinajstić information content (AvgIpc) is 2.90. The van der Waals surface area contributed by atoms with Gasteiger partial charge in [0.25, 0.3) is 5.91 Å². The highest BCUT2D eigenvalue weighted by molar-refractivity contribution is 6.37. The van der Waals surface area contributed by atoms with Crippen LogP contribution in [0, 0.1) is 0 Å². The van der Waals surface area contributed by atoms with Gasteiger partial charge in [0, 0.05) is 19.0 Å². The second-order valence-electron chi connectivity index (χ2n) is 5.21. The second-order valence-corrected chi connectivity index (χ2v) is 6.02. The molecule has 23 heavy (non-hydrogen) atoms. The van der Waals surface area contributed by atoms with Crippen LogP contribution in [0.2, 0.25) is 10.0 Å². The molecule has 0 saturated heterocycles. The van der Waals surface area contributed by atoms with Crippen molar-refractivity contribution < 1.29 is 4.79 Å². The highest BCUT2D eigenvalue weighted by Crippen LogP contribution is 2.28. The van der Waals surface area contributed by atoms with Gasteiger partial charge in [0.15, 0.2) is 0 Å². The van der Waals surface area contributed by atoms with Crippen LogP contribution in [0.15, 0.2) is 18.2 Å². The zero-order chi connectivity index (χ0) is 17.0. The maximum atomic E-state index is 12.2. The summed E-state index contributed by atoms with van der Waals surface area (Å²) in [5.41, 5.74) is 6.18. The summed E-state index contributed by atoms with van der Waals surface area (Å²) in [4.78, 5) is 16.4. The molecular weight excluding hydrogens is 337 g/mol. The molecule has 0 saturated carbocycles. The molecule has 1 unspecified atom stereocenters. The SMILES string of the molecule is CCc1nc(C(=O)NCCC(C)N)nn1-c1c(Cl)cccc1Cl. The Morgan fingerprint density at radius 1 is 1.39 bits per heavy atom. The van der Waals surface area contributed by atoms with Crippen LogP contribution >= 0.6 is 23.2 Å². The molecule has 0 bridgehead atoms. The van der Waals surface area contributed by atoms with Crippen molar-refractivity contribution in [3.05, 3.63) is 39.9 Å². The number of nitrogens with zero attached hydrogens (tertiary/aromatic N) is 3. The van der Waals surface area contributed by atoms with E-state index in [1.807, 2.05) is 13.8 Å². The lowest BCUT2D eigenvalue weighted by Crippen LogP contribution is -2.29. The van der Waals surface area contributed by atoms with E-state index in [2.05, 4.69) is 15.4 Å². The molecule has 1 heterocycles. The lowest BCUT2D eigenvalue weighted by atomic mass is 10.2. The number of benzene rings is 1. The number of carbonyl (C=O) groups is 1. The Labute approximate surface area is 145 Å². The van der Waals surface area contributed by atoms with Crippen LogP contribution in [-0.4, -0.2) is 33.3 Å². The molecule has 124 valence electrons. The average molecular weight is 356 g/mol. The minimum absolute atomic E-state index is 0.0222. The quantitative estimate of drug-likeness (QED) is 0.833. The van der Waals surface area contributed by atoms with Crippen molar-refractivity contribution in [1.82, 2.24) is 20.1 Å². The van der Waals surface area contributed by atoms with Gasteiger partial charge in [-0.25, -0.2) is 9.67 Å². The molecular formula is C15H19Cl2N5O. The van der Waals surface area contributed by atoms with Crippen LogP contribution in [0.3, 0.4) is 0 Å². The van der Waals surface area contributed by atoms with Gasteiger partial charge in [-0.3, -0.25) is 4.79 Å². The maximum Gasteiger partial charge on any atom is 0.290 e. The van der Waals surface area contributed by atoms with E-state index in [-0.39, 0.29) is 17.8 Å². The van der Waals surface area contributed by atoms with Gasteiger partial charge in [0.05, 0.1) is 10.0 Å². The fourth-order valence-corrected chi connectivity index (χ4v) is 2.59. The molecule has 2 rings (SSSR count). The molecule has 0 spiro atoms. The normalized spacial score (nSPS) is 12.2. The van der Waals surface area contributed by atoms with E-state index in [1.165, 1.54) is 4.68 Å². The fourth-order valence-electron chi connectivity index (χ4n) is 2.03. The van der Waals surface area contributed by atoms with E-state index in [0.29, 0.717) is 40.9 Å². The lowest BCUT2D eigenvalue weighted by molar-refractivity contribution is 0.0942. The molecule has 0 aliphatic heterocycles. The first kappa shape index (κ1) is 17.7. The van der Waals surface area contributed by atoms with Crippen LogP contribution in [0.4, 0.5) is 0 Å². The predicted octanol–water partition coefficient (Wildman–Crippen LogP) is 2.60. The van der Waals surface area contributed by atoms with Crippen LogP contribution in [0.25, 0.3) is 5.69 Å². The number of aromatic nitrogens is 3. The number of halogens is 2. The Morgan fingerprint density at radius 2 is 2.04 bits per heavy atom. The fraction of sp³-hybridized carbons (Fsp3) is 0.400. The third-order valence-corrected chi connectivity index (χ3v) is 3.84. The first-order valence-electron chi connectivity index (χ1n) is 7.38. The molecule has 1 aromatic heterocycles. The van der Waals surface area contributed by atoms with Crippen molar-refractivity contribution in [2.75, 3.05) is 6.54 Å². The molecule has 1 aromatic carbocycles. The third kappa shape index (κ3) is 4.22. The number of para-hydroxylation sites is 1. The molecule has 3 N–H and O–H groups in total. The van der Waals surface area contributed by atoms with E-state index >= 15 is 0 Å². The minimum atomic E-state index is -0.345. The minimum Gasteiger partial charge on any atom is -0.349 e. The van der Waals surface area contributed by atoms with Crippen molar-refractivity contribution >= 4 is 29.1 Å². The van der Waals surface area contributed by atoms with Gasteiger partial charge in [0.1, 0.15) is 11.5 Å². The van der Waals surface area contributed by atoms with Gasteiger partial charge in [-0.15, -0.1) is 5.10 Å². The monoisotopic (exact) mass is 355 g/mol. The van der Waals surface area contributed by atoms with Gasteiger partial charge < -0.3 is 11.1 Å². The van der Waals surface area contributed by atoms with Gasteiger partial charge in [-0.2, -0.15) is 0 Å². The van der Waals surface area contributed by atoms with Crippen LogP contribution < -0.4 is 11.1 Å². The smallest absolute Gasteiger partial charge is 0.290 e. The predicted molar refractivity (Wildman–Crippen MR) is 91.4 cm³/mol. The standard InChI is InChI=1S/C15H19Cl2N5O/c1-3-12-20-14(15(23)19-8-7-9(2)18)21-22(12)13-10(16)5-4-6-11(13)17/h4-6,9H,3,7-8,18H2,1-2H3,(H,19,23). The molecule has 0 fully saturated rings. The third-order valence-electron chi connectivity index (χ3n) is 3.23. The zero-order valence-corrected chi connectivity index (χ0v) is 14.5. The Bertz CT molecular complexity index is 679. The van der Waals surface area contributed by atoms with E-state index < -0.39 is 0 Å². The number of nitrogens with one attached hydrogen (secondary N) is 1. The van der Waals surface area contributed by atoms with E-state index in [1.54, 1.807) is 18.2 Å². The van der Waals surface area contributed by atoms with E-state index in [4.69, 9.17) is 28.9 Å². The number of aryl methyl sites for hydroxylation is 1. The summed E-state index contributed by atoms with van der Waals surface area (Å²) >= 11 is 12.4. The first-order valence-corrected chi connectivity index (χ1v) is 8.13. The molecule has 2 aromatic rings. The van der Waals surface area contributed by atoms with Crippen molar-refractivity contribution in [2.45, 2.75) is 32.7 Å². The van der Waals surface area contributed by atoms with Gasteiger partial charge in [-0.05, 0) is 25.5 Å². The van der Waals surface area contributed by atoms with Gasteiger partial charge in [-0.1, -0.05) is 36.2 Å². The molecule has 1 amide bonds. The molecule has 0 radical (unpaired) electrons. The van der Waals surface area contributed by atoms with Crippen molar-refractivity contribution in [2.24, 2.45) is 5.73 Å². The Kier molecular flexibility index (Phi) is 5.98. The number of hydrogen-bond acceptors (Lipinski definition) is 4. The summed E-state index contributed by atoms with van der Waals surface area (Å²) in [6.45, 7) is 4.27. The summed E-state index contributed by atoms with van der Waals surface area (Å²) in [5, 5.41) is 7.91. The summed E-state index contributed by atoms with van der Waals surface area (Å²) < 4.78 is 1.52. The highest BCUT2D eigenvalue weighted by atomic mass is 35.5. The lowest BCUT2D eigenvalue weighted by Gasteiger charge is -2.08. The highest BCUT2D eigenvalue weighted by Gasteiger charge is 2.19. The molecule has 8 heteroatoms. The summed E-state index contributed by atoms with van der Waals surface area (Å²) in [6, 6.07) is 5.20. The van der Waals surface area contributed by atoms with Crippen LogP contribution in [-0.2, 0) is 6.42 Å². The zero-order valence-electron chi connectivity index (χ0n) is 13.0. The summed E-state index contributed by atoms with van der Waals surface area (Å²) in [6.07, 6.45) is 1.27. The maximum absolute atomic E-state index is 12.2. The topological polar surface area (TPSA) is 85.8 Å². The largest absolute Gasteiger partial charge is 0.349 e. The Balaban J connectivity index is 2.29. The van der Waals surface area contributed by atoms with E-state index in [9.17, 15) is 4.79 Å². The van der Waals surface area contributed by atoms with Gasteiger partial charge in [0.2, 0.25) is 5.82 Å². The first-order chi connectivity index (χ1) is 10.9. The number of nitrogens with two attached hydrogens (primary N) is 1. The molecule has 1 atom stereocenters. The van der Waals surface area contributed by atoms with E-state index in [0.717, 1.165) is 0 Å². The van der Waals surface area contributed by atoms with Crippen LogP contribution in [0.5, 0.6) is 0 Å². The number of rotatable bonds is 6. The number of carbonyl (C=O) groups excluding carboxylic acids is 1. The van der Waals surface area contributed by atoms with Crippen molar-refractivity contribution in [1.29, 1.82) is 0 Å². The number of hydrogen-bond donors (Lipinski definition) is 2. The van der Waals surface area contributed by atoms with Gasteiger partial charge >= 0.3 is 0 Å². The van der Waals surface area contributed by atoms with Crippen molar-refractivity contribution in [3.8, 4) is 5.69 Å². The van der Waals surface area contributed by atoms with Crippen molar-refractivity contribution in [3.63, 3.8) is 0 Å². The Morgan fingerprint density at radius 3 is 2.61 bits per heavy atom. The molecule has 6 nitrogen and oxygen atoms in total. The molecule has 0 aliphatic rings. The molecule has 0 aliphatic carbocycles. The Hall–Kier alpha value is -1.63. The van der Waals surface area contributed by atoms with Crippen LogP contribution in [0.1, 0.15) is 36.7 Å².